The minimum atomic E-state index is -0.772. The zero-order valence-electron chi connectivity index (χ0n) is 10.5. The van der Waals surface area contributed by atoms with E-state index in [0.717, 1.165) is 11.8 Å². The van der Waals surface area contributed by atoms with Crippen LogP contribution in [0.2, 0.25) is 5.02 Å². The highest BCUT2D eigenvalue weighted by Crippen LogP contribution is 2.37. The Balaban J connectivity index is 2.38. The molecule has 100 valence electrons. The summed E-state index contributed by atoms with van der Waals surface area (Å²) in [4.78, 5) is 22.0. The number of aldehydes is 1. The van der Waals surface area contributed by atoms with Crippen molar-refractivity contribution in [3.8, 4) is 0 Å². The van der Waals surface area contributed by atoms with Crippen molar-refractivity contribution < 1.29 is 9.72 Å². The van der Waals surface area contributed by atoms with Gasteiger partial charge in [0.1, 0.15) is 6.29 Å². The molecule has 0 bridgehead atoms. The number of nitrogens with zero attached hydrogens (tertiary/aromatic N) is 1. The second-order valence-corrected chi connectivity index (χ2v) is 5.22. The molecule has 0 amide bonds. The number of hydrogen-bond acceptors (Lipinski definition) is 3. The minimum absolute atomic E-state index is 0.217. The van der Waals surface area contributed by atoms with Gasteiger partial charge in [-0.3, -0.25) is 14.9 Å². The van der Waals surface area contributed by atoms with Crippen molar-refractivity contribution >= 4 is 17.9 Å². The van der Waals surface area contributed by atoms with Gasteiger partial charge < -0.3 is 0 Å². The zero-order chi connectivity index (χ0) is 14.0. The van der Waals surface area contributed by atoms with Crippen LogP contribution < -0.4 is 0 Å². The van der Waals surface area contributed by atoms with Gasteiger partial charge in [-0.2, -0.15) is 0 Å². The molecular weight excluding hydrogens is 266 g/mol. The smallest absolute Gasteiger partial charge is 0.226 e. The summed E-state index contributed by atoms with van der Waals surface area (Å²) in [7, 11) is 0. The van der Waals surface area contributed by atoms with Gasteiger partial charge in [-0.05, 0) is 29.7 Å². The van der Waals surface area contributed by atoms with Crippen LogP contribution in [-0.2, 0) is 4.79 Å². The molecule has 1 aromatic carbocycles. The number of carbonyl (C=O) groups is 1. The maximum Gasteiger partial charge on any atom is 0.226 e. The van der Waals surface area contributed by atoms with Crippen LogP contribution in [0.4, 0.5) is 0 Å². The maximum atomic E-state index is 11.3. The van der Waals surface area contributed by atoms with E-state index < -0.39 is 6.04 Å². The SMILES string of the molecule is C[C@@H]1C(C=O)=CC[C@@H](c2ccc(Cl)cc2)[C@H]1[N+](=O)[O-]. The van der Waals surface area contributed by atoms with Crippen molar-refractivity contribution in [2.75, 3.05) is 0 Å². The lowest BCUT2D eigenvalue weighted by Gasteiger charge is -2.29. The molecule has 0 saturated carbocycles. The quantitative estimate of drug-likeness (QED) is 0.485. The van der Waals surface area contributed by atoms with Crippen LogP contribution in [0.5, 0.6) is 0 Å². The highest BCUT2D eigenvalue weighted by molar-refractivity contribution is 6.30. The van der Waals surface area contributed by atoms with E-state index in [2.05, 4.69) is 0 Å². The summed E-state index contributed by atoms with van der Waals surface area (Å²) < 4.78 is 0. The van der Waals surface area contributed by atoms with Gasteiger partial charge in [0, 0.05) is 9.95 Å². The van der Waals surface area contributed by atoms with Crippen LogP contribution in [0.1, 0.15) is 24.8 Å². The van der Waals surface area contributed by atoms with Gasteiger partial charge in [-0.1, -0.05) is 36.7 Å². The molecule has 1 aliphatic carbocycles. The first-order valence-electron chi connectivity index (χ1n) is 6.08. The second-order valence-electron chi connectivity index (χ2n) is 4.78. The molecule has 19 heavy (non-hydrogen) atoms. The molecule has 2 rings (SSSR count). The Morgan fingerprint density at radius 2 is 2.00 bits per heavy atom. The molecule has 0 radical (unpaired) electrons. The number of allylic oxidation sites excluding steroid dienone is 1. The number of benzene rings is 1. The highest BCUT2D eigenvalue weighted by Gasteiger charge is 2.41. The second kappa shape index (κ2) is 5.53. The van der Waals surface area contributed by atoms with Crippen molar-refractivity contribution in [1.82, 2.24) is 0 Å². The summed E-state index contributed by atoms with van der Waals surface area (Å²) >= 11 is 5.83. The Morgan fingerprint density at radius 3 is 2.53 bits per heavy atom. The van der Waals surface area contributed by atoms with Gasteiger partial charge in [0.15, 0.2) is 0 Å². The zero-order valence-corrected chi connectivity index (χ0v) is 11.2. The van der Waals surface area contributed by atoms with Crippen LogP contribution >= 0.6 is 11.6 Å². The van der Waals surface area contributed by atoms with Gasteiger partial charge in [-0.25, -0.2) is 0 Å². The topological polar surface area (TPSA) is 60.2 Å². The Labute approximate surface area is 116 Å². The molecule has 1 aromatic rings. The molecule has 0 fully saturated rings. The van der Waals surface area contributed by atoms with E-state index in [4.69, 9.17) is 11.6 Å². The standard InChI is InChI=1S/C14H14ClNO3/c1-9-11(8-17)4-7-13(14(9)16(18)19)10-2-5-12(15)6-3-10/h2-6,8-9,13-14H,7H2,1H3/t9-,13+,14+/m1/s1. The first kappa shape index (κ1) is 13.7. The highest BCUT2D eigenvalue weighted by atomic mass is 35.5. The molecule has 3 atom stereocenters. The number of halogens is 1. The van der Waals surface area contributed by atoms with E-state index in [-0.39, 0.29) is 16.8 Å². The van der Waals surface area contributed by atoms with E-state index in [1.54, 1.807) is 25.1 Å². The summed E-state index contributed by atoms with van der Waals surface area (Å²) in [5, 5.41) is 11.9. The Kier molecular flexibility index (Phi) is 4.00. The third kappa shape index (κ3) is 2.68. The summed E-state index contributed by atoms with van der Waals surface area (Å²) in [6.45, 7) is 1.73. The molecule has 0 aliphatic heterocycles. The van der Waals surface area contributed by atoms with Crippen molar-refractivity contribution in [2.24, 2.45) is 5.92 Å². The van der Waals surface area contributed by atoms with Crippen LogP contribution in [0.25, 0.3) is 0 Å². The summed E-state index contributed by atoms with van der Waals surface area (Å²) in [5.41, 5.74) is 1.41. The fourth-order valence-corrected chi connectivity index (χ4v) is 2.79. The molecule has 0 spiro atoms. The van der Waals surface area contributed by atoms with E-state index in [1.165, 1.54) is 0 Å². The van der Waals surface area contributed by atoms with E-state index >= 15 is 0 Å². The van der Waals surface area contributed by atoms with Crippen LogP contribution in [0.3, 0.4) is 0 Å². The van der Waals surface area contributed by atoms with Crippen molar-refractivity contribution in [2.45, 2.75) is 25.3 Å². The first-order chi connectivity index (χ1) is 9.04. The molecule has 0 N–H and O–H groups in total. The number of hydrogen-bond donors (Lipinski definition) is 0. The molecule has 0 saturated heterocycles. The third-order valence-corrected chi connectivity index (χ3v) is 3.99. The van der Waals surface area contributed by atoms with E-state index in [0.29, 0.717) is 17.0 Å². The van der Waals surface area contributed by atoms with Gasteiger partial charge in [0.05, 0.1) is 11.8 Å². The van der Waals surface area contributed by atoms with Crippen LogP contribution in [0, 0.1) is 16.0 Å². The third-order valence-electron chi connectivity index (χ3n) is 3.74. The van der Waals surface area contributed by atoms with Crippen molar-refractivity contribution in [3.63, 3.8) is 0 Å². The van der Waals surface area contributed by atoms with Gasteiger partial charge >= 0.3 is 0 Å². The molecule has 0 aromatic heterocycles. The lowest BCUT2D eigenvalue weighted by Crippen LogP contribution is -2.37. The molecule has 0 unspecified atom stereocenters. The number of nitro groups is 1. The Morgan fingerprint density at radius 1 is 1.37 bits per heavy atom. The fraction of sp³-hybridized carbons (Fsp3) is 0.357. The fourth-order valence-electron chi connectivity index (χ4n) is 2.66. The number of rotatable bonds is 3. The predicted octanol–water partition coefficient (Wildman–Crippen LogP) is 3.23. The van der Waals surface area contributed by atoms with Crippen molar-refractivity contribution in [1.29, 1.82) is 0 Å². The average Bonchev–Trinajstić information content (AvgIpc) is 2.38. The molecule has 4 nitrogen and oxygen atoms in total. The lowest BCUT2D eigenvalue weighted by molar-refractivity contribution is -0.534. The average molecular weight is 280 g/mol. The number of carbonyl (C=O) groups excluding carboxylic acids is 1. The lowest BCUT2D eigenvalue weighted by atomic mass is 9.75. The van der Waals surface area contributed by atoms with Gasteiger partial charge in [0.25, 0.3) is 0 Å². The molecule has 0 heterocycles. The van der Waals surface area contributed by atoms with Crippen molar-refractivity contribution in [3.05, 3.63) is 56.6 Å². The maximum absolute atomic E-state index is 11.3. The normalized spacial score (nSPS) is 26.6. The van der Waals surface area contributed by atoms with Crippen LogP contribution in [0.15, 0.2) is 35.9 Å². The predicted molar refractivity (Wildman–Crippen MR) is 72.9 cm³/mol. The minimum Gasteiger partial charge on any atom is -0.298 e. The summed E-state index contributed by atoms with van der Waals surface area (Å²) in [5.74, 6) is -0.590. The molecule has 5 heteroatoms. The van der Waals surface area contributed by atoms with E-state index in [1.807, 2.05) is 12.1 Å². The Bertz CT molecular complexity index is 524. The van der Waals surface area contributed by atoms with Gasteiger partial charge in [-0.15, -0.1) is 0 Å². The van der Waals surface area contributed by atoms with Crippen LogP contribution in [-0.4, -0.2) is 17.3 Å². The van der Waals surface area contributed by atoms with E-state index in [9.17, 15) is 14.9 Å². The van der Waals surface area contributed by atoms with Gasteiger partial charge in [0.2, 0.25) is 6.04 Å². The monoisotopic (exact) mass is 279 g/mol. The summed E-state index contributed by atoms with van der Waals surface area (Å²) in [6.07, 6.45) is 3.03. The summed E-state index contributed by atoms with van der Waals surface area (Å²) in [6, 6.07) is 6.33. The molecular formula is C14H14ClNO3. The first-order valence-corrected chi connectivity index (χ1v) is 6.46. The largest absolute Gasteiger partial charge is 0.298 e. The molecule has 1 aliphatic rings. The Hall–Kier alpha value is -1.68.